The van der Waals surface area contributed by atoms with Crippen molar-refractivity contribution in [1.29, 1.82) is 0 Å². The van der Waals surface area contributed by atoms with Crippen molar-refractivity contribution < 1.29 is 75.8 Å². The van der Waals surface area contributed by atoms with Crippen LogP contribution in [-0.2, 0) is 4.79 Å². The molecule has 0 saturated heterocycles. The van der Waals surface area contributed by atoms with Gasteiger partial charge in [-0.2, -0.15) is 61.5 Å². The van der Waals surface area contributed by atoms with Gasteiger partial charge in [-0.25, -0.2) is 4.39 Å². The normalized spacial score (nSPS) is 18.0. The number of carbonyl (C=O) groups excluding carboxylic acids is 1. The highest BCUT2D eigenvalue weighted by Crippen LogP contribution is 2.68. The summed E-state index contributed by atoms with van der Waals surface area (Å²) in [5.41, 5.74) is -17.1. The minimum atomic E-state index is -8.75. The van der Waals surface area contributed by atoms with Crippen molar-refractivity contribution in [2.75, 3.05) is 0 Å². The molecule has 0 spiro atoms. The zero-order valence-electron chi connectivity index (χ0n) is 10.5. The Morgan fingerprint density at radius 2 is 0.800 bits per heavy atom. The number of alkyl halides is 15. The molecule has 0 aromatic rings. The van der Waals surface area contributed by atoms with Crippen molar-refractivity contribution >= 4 is 5.97 Å². The summed E-state index contributed by atoms with van der Waals surface area (Å²) in [5.74, 6) is -13.8. The molecule has 0 rings (SSSR count). The molecule has 0 amide bonds. The van der Waals surface area contributed by atoms with Crippen LogP contribution >= 0.6 is 0 Å². The molecular weight excluding hydrogens is 413 g/mol. The number of carboxylic acid groups (broad SMARTS) is 1. The van der Waals surface area contributed by atoms with Crippen LogP contribution in [0.4, 0.5) is 65.9 Å². The Kier molecular flexibility index (Phi) is 5.11. The zero-order chi connectivity index (χ0) is 21.1. The third-order valence-corrected chi connectivity index (χ3v) is 2.85. The molecule has 150 valence electrons. The Bertz CT molecular complexity index is 506. The number of hydrogen-bond donors (Lipinski definition) is 0. The second-order valence-corrected chi connectivity index (χ2v) is 4.26. The molecule has 0 aliphatic carbocycles. The van der Waals surface area contributed by atoms with E-state index in [0.29, 0.717) is 0 Å². The van der Waals surface area contributed by atoms with Gasteiger partial charge in [-0.3, -0.25) is 0 Å². The second kappa shape index (κ2) is 5.46. The highest BCUT2D eigenvalue weighted by atomic mass is 19.4. The first-order chi connectivity index (χ1) is 10.4. The third kappa shape index (κ3) is 2.74. The van der Waals surface area contributed by atoms with Gasteiger partial charge in [-0.1, -0.05) is 0 Å². The monoisotopic (exact) mass is 413 g/mol. The highest BCUT2D eigenvalue weighted by Gasteiger charge is 2.98. The Hall–Kier alpha value is -1.58. The number of carboxylic acids is 1. The molecule has 0 radical (unpaired) electrons. The van der Waals surface area contributed by atoms with Gasteiger partial charge in [-0.05, 0) is 0 Å². The minimum Gasteiger partial charge on any atom is -0.549 e. The van der Waals surface area contributed by atoms with E-state index in [2.05, 4.69) is 0 Å². The second-order valence-electron chi connectivity index (χ2n) is 4.26. The molecule has 0 bridgehead atoms. The quantitative estimate of drug-likeness (QED) is 0.667. The number of rotatable bonds is 3. The predicted molar refractivity (Wildman–Crippen MR) is 40.4 cm³/mol. The molecule has 1 atom stereocenters. The minimum absolute atomic E-state index is 5.25. The van der Waals surface area contributed by atoms with Crippen molar-refractivity contribution in [3.63, 3.8) is 0 Å². The fourth-order valence-corrected chi connectivity index (χ4v) is 1.74. The lowest BCUT2D eigenvalue weighted by Gasteiger charge is -2.50. The molecule has 0 N–H and O–H groups in total. The Balaban J connectivity index is 7.64. The zero-order valence-corrected chi connectivity index (χ0v) is 10.5. The molecule has 25 heavy (non-hydrogen) atoms. The van der Waals surface area contributed by atoms with E-state index in [1.165, 1.54) is 0 Å². The fourth-order valence-electron chi connectivity index (χ4n) is 1.74. The topological polar surface area (TPSA) is 40.1 Å². The summed E-state index contributed by atoms with van der Waals surface area (Å²) in [5, 5.41) is 10.2. The van der Waals surface area contributed by atoms with Crippen LogP contribution in [0.3, 0.4) is 0 Å². The van der Waals surface area contributed by atoms with E-state index in [-0.39, 0.29) is 0 Å². The summed E-state index contributed by atoms with van der Waals surface area (Å²) in [6.07, 6.45) is -32.7. The standard InChI is InChI=1S/C8HF15O2/c9-3(7(18,19)20,4(10,11)8(21,22)23)2(1(24)25,5(12,13)14)6(15,16)17/h(H,24,25)/p-1. The van der Waals surface area contributed by atoms with Crippen molar-refractivity contribution in [3.05, 3.63) is 0 Å². The Morgan fingerprint density at radius 1 is 0.520 bits per heavy atom. The van der Waals surface area contributed by atoms with Crippen molar-refractivity contribution in [1.82, 2.24) is 0 Å². The lowest BCUT2D eigenvalue weighted by molar-refractivity contribution is -0.482. The summed E-state index contributed by atoms with van der Waals surface area (Å²) in [7, 11) is 0. The van der Waals surface area contributed by atoms with Crippen LogP contribution in [0.15, 0.2) is 0 Å². The molecular formula is C8F15O2-. The smallest absolute Gasteiger partial charge is 0.457 e. The maximum Gasteiger partial charge on any atom is 0.457 e. The first-order valence-electron chi connectivity index (χ1n) is 4.99. The van der Waals surface area contributed by atoms with Gasteiger partial charge < -0.3 is 9.90 Å². The molecule has 0 aliphatic heterocycles. The molecule has 0 aromatic heterocycles. The van der Waals surface area contributed by atoms with E-state index in [9.17, 15) is 75.8 Å². The summed E-state index contributed by atoms with van der Waals surface area (Å²) < 4.78 is 188. The van der Waals surface area contributed by atoms with Crippen molar-refractivity contribution in [2.45, 2.75) is 36.3 Å². The lowest BCUT2D eigenvalue weighted by atomic mass is 9.67. The van der Waals surface area contributed by atoms with Crippen LogP contribution in [0.2, 0.25) is 0 Å². The van der Waals surface area contributed by atoms with Gasteiger partial charge >= 0.3 is 36.3 Å². The van der Waals surface area contributed by atoms with Gasteiger partial charge in [0, 0.05) is 0 Å². The largest absolute Gasteiger partial charge is 0.549 e. The number of aliphatic carboxylic acids is 1. The summed E-state index contributed by atoms with van der Waals surface area (Å²) in [6.45, 7) is 0. The van der Waals surface area contributed by atoms with Gasteiger partial charge in [0.25, 0.3) is 0 Å². The molecule has 0 aromatic carbocycles. The van der Waals surface area contributed by atoms with Crippen LogP contribution in [0.25, 0.3) is 0 Å². The Morgan fingerprint density at radius 3 is 0.920 bits per heavy atom. The van der Waals surface area contributed by atoms with Gasteiger partial charge in [0.1, 0.15) is 0 Å². The summed E-state index contributed by atoms with van der Waals surface area (Å²) >= 11 is 0. The van der Waals surface area contributed by atoms with Crippen molar-refractivity contribution in [3.8, 4) is 0 Å². The van der Waals surface area contributed by atoms with Crippen LogP contribution in [0.1, 0.15) is 0 Å². The van der Waals surface area contributed by atoms with Gasteiger partial charge in [0.2, 0.25) is 5.41 Å². The third-order valence-electron chi connectivity index (χ3n) is 2.85. The van der Waals surface area contributed by atoms with Crippen LogP contribution in [0, 0.1) is 5.41 Å². The first kappa shape index (κ1) is 23.4. The number of carbonyl (C=O) groups is 1. The Labute approximate surface area is 125 Å². The average Bonchev–Trinajstić information content (AvgIpc) is 2.20. The maximum atomic E-state index is 13.7. The van der Waals surface area contributed by atoms with E-state index < -0.39 is 47.7 Å². The fraction of sp³-hybridized carbons (Fsp3) is 0.875. The average molecular weight is 413 g/mol. The van der Waals surface area contributed by atoms with Crippen LogP contribution < -0.4 is 5.11 Å². The summed E-state index contributed by atoms with van der Waals surface area (Å²) in [4.78, 5) is 10.2. The highest BCUT2D eigenvalue weighted by molar-refractivity contribution is 5.77. The van der Waals surface area contributed by atoms with Gasteiger partial charge in [-0.15, -0.1) is 0 Å². The molecule has 2 nitrogen and oxygen atoms in total. The molecule has 17 heteroatoms. The first-order valence-corrected chi connectivity index (χ1v) is 4.99. The predicted octanol–water partition coefficient (Wildman–Crippen LogP) is 3.32. The summed E-state index contributed by atoms with van der Waals surface area (Å²) in [6, 6.07) is 0. The molecule has 0 fully saturated rings. The maximum absolute atomic E-state index is 13.7. The van der Waals surface area contributed by atoms with E-state index in [4.69, 9.17) is 0 Å². The van der Waals surface area contributed by atoms with E-state index >= 15 is 0 Å². The van der Waals surface area contributed by atoms with Crippen LogP contribution in [-0.4, -0.2) is 42.3 Å². The lowest BCUT2D eigenvalue weighted by Crippen LogP contribution is -2.81. The van der Waals surface area contributed by atoms with E-state index in [1.807, 2.05) is 0 Å². The molecule has 0 saturated carbocycles. The van der Waals surface area contributed by atoms with Gasteiger partial charge in [0.05, 0.1) is 5.97 Å². The number of hydrogen-bond acceptors (Lipinski definition) is 2. The molecule has 0 aliphatic rings. The van der Waals surface area contributed by atoms with E-state index in [1.54, 1.807) is 0 Å². The molecule has 1 unspecified atom stereocenters. The van der Waals surface area contributed by atoms with E-state index in [0.717, 1.165) is 0 Å². The SMILES string of the molecule is O=C([O-])C(C(F)(F)F)(C(F)(F)F)C(F)(C(F)(F)F)C(F)(F)C(F)(F)F. The molecule has 0 heterocycles. The van der Waals surface area contributed by atoms with Gasteiger partial charge in [0.15, 0.2) is 0 Å². The van der Waals surface area contributed by atoms with Crippen LogP contribution in [0.5, 0.6) is 0 Å². The number of halogens is 15. The van der Waals surface area contributed by atoms with Crippen molar-refractivity contribution in [2.24, 2.45) is 5.41 Å².